The van der Waals surface area contributed by atoms with Gasteiger partial charge in [0, 0.05) is 28.5 Å². The van der Waals surface area contributed by atoms with Crippen molar-refractivity contribution >= 4 is 32.6 Å². The monoisotopic (exact) mass is 468 g/mol. The number of aromatic nitrogens is 2. The summed E-state index contributed by atoms with van der Waals surface area (Å²) in [6.07, 6.45) is 3.78. The number of ketones is 1. The minimum Gasteiger partial charge on any atom is -0.487 e. The van der Waals surface area contributed by atoms with Crippen molar-refractivity contribution in [3.8, 4) is 5.75 Å². The molecule has 0 amide bonds. The van der Waals surface area contributed by atoms with Gasteiger partial charge in [0.1, 0.15) is 23.8 Å². The predicted molar refractivity (Wildman–Crippen MR) is 119 cm³/mol. The minimum absolute atomic E-state index is 0.160. The van der Waals surface area contributed by atoms with Crippen LogP contribution in [-0.2, 0) is 22.6 Å². The molecule has 0 bridgehead atoms. The molecule has 1 unspecified atom stereocenters. The average Bonchev–Trinajstić information content (AvgIpc) is 3.30. The lowest BCUT2D eigenvalue weighted by molar-refractivity contribution is -0.116. The van der Waals surface area contributed by atoms with Crippen LogP contribution in [-0.4, -0.2) is 28.8 Å². The fraction of sp³-hybridized carbons (Fsp3) is 0.417. The first-order valence-electron chi connectivity index (χ1n) is 10.6. The first kappa shape index (κ1) is 19.8. The zero-order valence-corrected chi connectivity index (χ0v) is 18.7. The number of benzene rings is 2. The highest BCUT2D eigenvalue weighted by Crippen LogP contribution is 2.44. The quantitative estimate of drug-likeness (QED) is 0.468. The fourth-order valence-electron chi connectivity index (χ4n) is 4.36. The third-order valence-corrected chi connectivity index (χ3v) is 6.47. The Balaban J connectivity index is 1.47. The summed E-state index contributed by atoms with van der Waals surface area (Å²) < 4.78 is 15.0. The van der Waals surface area contributed by atoms with E-state index in [-0.39, 0.29) is 11.8 Å². The number of Topliss-reactive ketones (excluding diaryl/α,β-unsaturated/α-hetero) is 1. The number of carbonyl (C=O) groups excluding carboxylic acids is 1. The lowest BCUT2D eigenvalue weighted by Crippen LogP contribution is -2.11. The molecule has 3 aromatic rings. The lowest BCUT2D eigenvalue weighted by Gasteiger charge is -2.14. The van der Waals surface area contributed by atoms with Crippen molar-refractivity contribution in [1.29, 1.82) is 0 Å². The maximum absolute atomic E-state index is 11.9. The number of ether oxygens (including phenoxy) is 2. The molecule has 2 aliphatic rings. The van der Waals surface area contributed by atoms with E-state index < -0.39 is 0 Å². The van der Waals surface area contributed by atoms with E-state index in [9.17, 15) is 4.79 Å². The van der Waals surface area contributed by atoms with E-state index >= 15 is 0 Å². The van der Waals surface area contributed by atoms with Gasteiger partial charge in [-0.1, -0.05) is 28.1 Å². The normalized spacial score (nSPS) is 18.8. The Morgan fingerprint density at radius 2 is 2.13 bits per heavy atom. The largest absolute Gasteiger partial charge is 0.487 e. The Labute approximate surface area is 184 Å². The van der Waals surface area contributed by atoms with E-state index in [1.165, 1.54) is 18.4 Å². The third-order valence-electron chi connectivity index (χ3n) is 5.97. The Morgan fingerprint density at radius 3 is 2.87 bits per heavy atom. The first-order valence-corrected chi connectivity index (χ1v) is 11.4. The summed E-state index contributed by atoms with van der Waals surface area (Å²) in [5, 5.41) is 6.00. The van der Waals surface area contributed by atoms with Crippen molar-refractivity contribution in [2.75, 3.05) is 13.2 Å². The maximum Gasteiger partial charge on any atom is 0.134 e. The molecule has 0 radical (unpaired) electrons. The Kier molecular flexibility index (Phi) is 5.37. The van der Waals surface area contributed by atoms with Crippen molar-refractivity contribution in [3.05, 3.63) is 57.7 Å². The van der Waals surface area contributed by atoms with Crippen LogP contribution in [0.3, 0.4) is 0 Å². The third kappa shape index (κ3) is 3.91. The summed E-state index contributed by atoms with van der Waals surface area (Å²) in [5.74, 6) is 1.53. The second-order valence-corrected chi connectivity index (χ2v) is 9.25. The molecule has 156 valence electrons. The Hall–Kier alpha value is -2.18. The molecule has 30 heavy (non-hydrogen) atoms. The molecule has 1 saturated carbocycles. The molecule has 2 aromatic carbocycles. The molecular formula is C24H25BrN2O3. The van der Waals surface area contributed by atoms with Gasteiger partial charge in [0.05, 0.1) is 18.2 Å². The number of carbonyl (C=O) groups is 1. The molecular weight excluding hydrogens is 444 g/mol. The number of nitrogens with zero attached hydrogens (tertiary/aromatic N) is 2. The van der Waals surface area contributed by atoms with E-state index in [1.807, 2.05) is 18.2 Å². The maximum atomic E-state index is 11.9. The highest BCUT2D eigenvalue weighted by Gasteiger charge is 2.28. The molecule has 2 fully saturated rings. The molecule has 2 heterocycles. The van der Waals surface area contributed by atoms with Crippen molar-refractivity contribution in [2.24, 2.45) is 0 Å². The summed E-state index contributed by atoms with van der Waals surface area (Å²) in [4.78, 5) is 11.9. The van der Waals surface area contributed by atoms with Crippen LogP contribution in [0.2, 0.25) is 0 Å². The molecule has 6 heteroatoms. The molecule has 1 atom stereocenters. The smallest absolute Gasteiger partial charge is 0.134 e. The van der Waals surface area contributed by atoms with E-state index in [2.05, 4.69) is 38.8 Å². The van der Waals surface area contributed by atoms with Gasteiger partial charge in [0.25, 0.3) is 0 Å². The van der Waals surface area contributed by atoms with Crippen LogP contribution < -0.4 is 4.74 Å². The van der Waals surface area contributed by atoms with Crippen LogP contribution in [0.25, 0.3) is 10.9 Å². The molecule has 0 spiro atoms. The Morgan fingerprint density at radius 1 is 1.27 bits per heavy atom. The number of fused-ring (bicyclic) bond motifs is 1. The van der Waals surface area contributed by atoms with Gasteiger partial charge in [-0.15, -0.1) is 0 Å². The second kappa shape index (κ2) is 8.16. The lowest BCUT2D eigenvalue weighted by atomic mass is 9.98. The number of halogens is 1. The summed E-state index contributed by atoms with van der Waals surface area (Å²) in [5.41, 5.74) is 4.32. The number of hydrogen-bond acceptors (Lipinski definition) is 4. The molecule has 1 aliphatic heterocycles. The fourth-order valence-corrected chi connectivity index (χ4v) is 4.72. The van der Waals surface area contributed by atoms with Gasteiger partial charge in [-0.25, -0.2) is 0 Å². The van der Waals surface area contributed by atoms with Crippen LogP contribution >= 0.6 is 15.9 Å². The van der Waals surface area contributed by atoms with Crippen LogP contribution in [0.5, 0.6) is 5.75 Å². The molecule has 1 aromatic heterocycles. The zero-order valence-electron chi connectivity index (χ0n) is 17.1. The molecule has 1 aliphatic carbocycles. The van der Waals surface area contributed by atoms with Gasteiger partial charge < -0.3 is 9.47 Å². The van der Waals surface area contributed by atoms with Crippen LogP contribution in [0.15, 0.2) is 40.9 Å². The van der Waals surface area contributed by atoms with Gasteiger partial charge in [0.15, 0.2) is 0 Å². The standard InChI is InChI=1S/C24H25BrN2O3/c1-15(28)11-20-19(16-5-6-16)3-2-4-24(20)30-14-22-21-12-17(25)7-8-23(21)27(26-22)18-9-10-29-13-18/h2-4,7-8,12,16,18H,5-6,9-11,13-14H2,1H3. The van der Waals surface area contributed by atoms with Gasteiger partial charge in [0.2, 0.25) is 0 Å². The van der Waals surface area contributed by atoms with Gasteiger partial charge in [-0.2, -0.15) is 5.10 Å². The highest BCUT2D eigenvalue weighted by atomic mass is 79.9. The first-order chi connectivity index (χ1) is 14.6. The van der Waals surface area contributed by atoms with Crippen LogP contribution in [0.1, 0.15) is 55.0 Å². The minimum atomic E-state index is 0.160. The number of hydrogen-bond donors (Lipinski definition) is 0. The van der Waals surface area contributed by atoms with E-state index in [4.69, 9.17) is 14.6 Å². The van der Waals surface area contributed by atoms with Crippen LogP contribution in [0, 0.1) is 0 Å². The van der Waals surface area contributed by atoms with Crippen molar-refractivity contribution in [1.82, 2.24) is 9.78 Å². The Bertz CT molecular complexity index is 1100. The average molecular weight is 469 g/mol. The number of rotatable bonds is 7. The summed E-state index contributed by atoms with van der Waals surface area (Å²) in [6.45, 7) is 3.48. The van der Waals surface area contributed by atoms with E-state index in [0.717, 1.165) is 45.4 Å². The van der Waals surface area contributed by atoms with Crippen molar-refractivity contribution in [3.63, 3.8) is 0 Å². The second-order valence-electron chi connectivity index (χ2n) is 8.34. The zero-order chi connectivity index (χ0) is 20.7. The van der Waals surface area contributed by atoms with E-state index in [1.54, 1.807) is 6.92 Å². The predicted octanol–water partition coefficient (Wildman–Crippen LogP) is 5.35. The van der Waals surface area contributed by atoms with Crippen LogP contribution in [0.4, 0.5) is 0 Å². The highest BCUT2D eigenvalue weighted by molar-refractivity contribution is 9.10. The van der Waals surface area contributed by atoms with Gasteiger partial charge in [-0.3, -0.25) is 9.48 Å². The van der Waals surface area contributed by atoms with Crippen molar-refractivity contribution < 1.29 is 14.3 Å². The SMILES string of the molecule is CC(=O)Cc1c(OCc2nn(C3CCOC3)c3ccc(Br)cc23)cccc1C1CC1. The van der Waals surface area contributed by atoms with E-state index in [0.29, 0.717) is 25.6 Å². The molecule has 5 nitrogen and oxygen atoms in total. The van der Waals surface area contributed by atoms with Gasteiger partial charge in [-0.05, 0) is 61.9 Å². The molecule has 5 rings (SSSR count). The summed E-state index contributed by atoms with van der Waals surface area (Å²) in [7, 11) is 0. The topological polar surface area (TPSA) is 53.3 Å². The van der Waals surface area contributed by atoms with Gasteiger partial charge >= 0.3 is 0 Å². The summed E-state index contributed by atoms with van der Waals surface area (Å²) in [6, 6.07) is 12.7. The molecule has 0 N–H and O–H groups in total. The summed E-state index contributed by atoms with van der Waals surface area (Å²) >= 11 is 3.59. The van der Waals surface area contributed by atoms with Crippen molar-refractivity contribution in [2.45, 2.75) is 51.2 Å². The molecule has 1 saturated heterocycles.